The second-order valence-corrected chi connectivity index (χ2v) is 7.13. The van der Waals surface area contributed by atoms with Gasteiger partial charge in [-0.15, -0.1) is 0 Å². The van der Waals surface area contributed by atoms with Crippen LogP contribution in [-0.2, 0) is 10.5 Å². The Morgan fingerprint density at radius 3 is 2.81 bits per heavy atom. The van der Waals surface area contributed by atoms with E-state index in [1.54, 1.807) is 42.1 Å². The van der Waals surface area contributed by atoms with Crippen LogP contribution in [0.5, 0.6) is 0 Å². The molecule has 0 aliphatic heterocycles. The van der Waals surface area contributed by atoms with Crippen LogP contribution in [-0.4, -0.2) is 30.5 Å². The largest absolute Gasteiger partial charge is 0.465 e. The first-order valence-corrected chi connectivity index (χ1v) is 9.69. The average Bonchev–Trinajstić information content (AvgIpc) is 2.63. The summed E-state index contributed by atoms with van der Waals surface area (Å²) in [5.41, 5.74) is 1.59. The van der Waals surface area contributed by atoms with Crippen LogP contribution in [0.1, 0.15) is 15.9 Å². The third-order valence-electron chi connectivity index (χ3n) is 3.38. The number of thioether (sulfide) groups is 1. The van der Waals surface area contributed by atoms with E-state index < -0.39 is 5.97 Å². The number of halogens is 2. The minimum Gasteiger partial charge on any atom is -0.465 e. The van der Waals surface area contributed by atoms with E-state index in [2.05, 4.69) is 15.4 Å². The number of esters is 1. The lowest BCUT2D eigenvalue weighted by Gasteiger charge is -2.12. The molecule has 0 aliphatic rings. The molecule has 8 heteroatoms. The fourth-order valence-electron chi connectivity index (χ4n) is 2.08. The molecule has 2 rings (SSSR count). The van der Waals surface area contributed by atoms with E-state index in [9.17, 15) is 9.18 Å². The van der Waals surface area contributed by atoms with Crippen molar-refractivity contribution in [1.29, 1.82) is 0 Å². The number of thiocarbonyl (C=S) groups is 1. The normalized spacial score (nSPS) is 10.3. The highest BCUT2D eigenvalue weighted by Crippen LogP contribution is 2.21. The van der Waals surface area contributed by atoms with E-state index in [0.29, 0.717) is 33.7 Å². The molecule has 0 fully saturated rings. The van der Waals surface area contributed by atoms with Gasteiger partial charge in [-0.2, -0.15) is 11.8 Å². The third-order valence-corrected chi connectivity index (χ3v) is 4.96. The number of benzene rings is 2. The molecule has 2 aromatic carbocycles. The Bertz CT molecular complexity index is 790. The molecule has 2 N–H and O–H groups in total. The fourth-order valence-corrected chi connectivity index (χ4v) is 3.34. The highest BCUT2D eigenvalue weighted by Gasteiger charge is 2.11. The van der Waals surface area contributed by atoms with E-state index in [1.165, 1.54) is 13.2 Å². The maximum Gasteiger partial charge on any atom is 0.339 e. The van der Waals surface area contributed by atoms with Gasteiger partial charge >= 0.3 is 5.97 Å². The smallest absolute Gasteiger partial charge is 0.339 e. The number of carbonyl (C=O) groups is 1. The standard InChI is InChI=1S/C18H18ClFN2O2S2/c1-24-17(23)14-10-13(6-7-15(14)19)22-18(25)21-8-9-26-11-12-4-2-3-5-16(12)20/h2-7,10H,8-9,11H2,1H3,(H2,21,22,25). The number of nitrogens with one attached hydrogen (secondary N) is 2. The Morgan fingerprint density at radius 1 is 1.31 bits per heavy atom. The molecule has 26 heavy (non-hydrogen) atoms. The zero-order valence-electron chi connectivity index (χ0n) is 14.1. The molecule has 0 amide bonds. The second-order valence-electron chi connectivity index (χ2n) is 5.21. The maximum atomic E-state index is 13.5. The van der Waals surface area contributed by atoms with Crippen molar-refractivity contribution in [2.24, 2.45) is 0 Å². The Labute approximate surface area is 166 Å². The molecule has 0 radical (unpaired) electrons. The summed E-state index contributed by atoms with van der Waals surface area (Å²) in [6.45, 7) is 0.627. The first-order chi connectivity index (χ1) is 12.5. The van der Waals surface area contributed by atoms with Gasteiger partial charge in [-0.05, 0) is 42.0 Å². The van der Waals surface area contributed by atoms with E-state index in [4.69, 9.17) is 23.8 Å². The minimum absolute atomic E-state index is 0.186. The molecular weight excluding hydrogens is 395 g/mol. The van der Waals surface area contributed by atoms with Crippen molar-refractivity contribution in [2.75, 3.05) is 24.7 Å². The van der Waals surface area contributed by atoms with Crippen molar-refractivity contribution in [1.82, 2.24) is 5.32 Å². The van der Waals surface area contributed by atoms with Gasteiger partial charge < -0.3 is 15.4 Å². The molecular formula is C18H18ClFN2O2S2. The predicted molar refractivity (Wildman–Crippen MR) is 110 cm³/mol. The van der Waals surface area contributed by atoms with Crippen molar-refractivity contribution >= 4 is 52.3 Å². The van der Waals surface area contributed by atoms with Gasteiger partial charge in [0.2, 0.25) is 0 Å². The number of rotatable bonds is 7. The molecule has 0 unspecified atom stereocenters. The van der Waals surface area contributed by atoms with Gasteiger partial charge in [0.1, 0.15) is 5.82 Å². The molecule has 0 bridgehead atoms. The van der Waals surface area contributed by atoms with Crippen LogP contribution in [0.15, 0.2) is 42.5 Å². The fraction of sp³-hybridized carbons (Fsp3) is 0.222. The van der Waals surface area contributed by atoms with Gasteiger partial charge in [0.15, 0.2) is 5.11 Å². The minimum atomic E-state index is -0.512. The molecule has 0 saturated carbocycles. The Balaban J connectivity index is 1.75. The Hall–Kier alpha value is -1.83. The summed E-state index contributed by atoms with van der Waals surface area (Å²) in [5.74, 6) is 0.676. The quantitative estimate of drug-likeness (QED) is 0.397. The summed E-state index contributed by atoms with van der Waals surface area (Å²) in [5, 5.41) is 6.79. The van der Waals surface area contributed by atoms with Crippen LogP contribution >= 0.6 is 35.6 Å². The molecule has 2 aromatic rings. The van der Waals surface area contributed by atoms with Gasteiger partial charge in [0, 0.05) is 23.7 Å². The van der Waals surface area contributed by atoms with Gasteiger partial charge in [0.05, 0.1) is 17.7 Å². The van der Waals surface area contributed by atoms with Crippen LogP contribution in [0.3, 0.4) is 0 Å². The first kappa shape index (κ1) is 20.5. The SMILES string of the molecule is COC(=O)c1cc(NC(=S)NCCSCc2ccccc2F)ccc1Cl. The monoisotopic (exact) mass is 412 g/mol. The number of ether oxygens (including phenoxy) is 1. The highest BCUT2D eigenvalue weighted by molar-refractivity contribution is 7.98. The Kier molecular flexibility index (Phi) is 8.15. The third kappa shape index (κ3) is 6.16. The van der Waals surface area contributed by atoms with Gasteiger partial charge in [-0.25, -0.2) is 9.18 Å². The molecule has 138 valence electrons. The first-order valence-electron chi connectivity index (χ1n) is 7.75. The van der Waals surface area contributed by atoms with Crippen LogP contribution in [0.25, 0.3) is 0 Å². The lowest BCUT2D eigenvalue weighted by atomic mass is 10.2. The molecule has 0 saturated heterocycles. The average molecular weight is 413 g/mol. The molecule has 0 aliphatic carbocycles. The van der Waals surface area contributed by atoms with Crippen molar-refractivity contribution < 1.29 is 13.9 Å². The van der Waals surface area contributed by atoms with Crippen molar-refractivity contribution in [3.05, 3.63) is 64.4 Å². The lowest BCUT2D eigenvalue weighted by Crippen LogP contribution is -2.30. The zero-order chi connectivity index (χ0) is 18.9. The van der Waals surface area contributed by atoms with E-state index in [1.807, 2.05) is 6.07 Å². The van der Waals surface area contributed by atoms with Gasteiger partial charge in [-0.3, -0.25) is 0 Å². The number of carbonyl (C=O) groups excluding carboxylic acids is 1. The number of methoxy groups -OCH3 is 1. The topological polar surface area (TPSA) is 50.4 Å². The van der Waals surface area contributed by atoms with Crippen molar-refractivity contribution in [3.63, 3.8) is 0 Å². The highest BCUT2D eigenvalue weighted by atomic mass is 35.5. The van der Waals surface area contributed by atoms with Crippen LogP contribution < -0.4 is 10.6 Å². The lowest BCUT2D eigenvalue weighted by molar-refractivity contribution is 0.0601. The van der Waals surface area contributed by atoms with Gasteiger partial charge in [-0.1, -0.05) is 29.8 Å². The molecule has 0 atom stereocenters. The molecule has 0 spiro atoms. The predicted octanol–water partition coefficient (Wildman–Crippen LogP) is 4.49. The zero-order valence-corrected chi connectivity index (χ0v) is 16.4. The summed E-state index contributed by atoms with van der Waals surface area (Å²) in [4.78, 5) is 11.6. The van der Waals surface area contributed by atoms with E-state index >= 15 is 0 Å². The number of anilines is 1. The molecule has 0 heterocycles. The maximum absolute atomic E-state index is 13.5. The summed E-state index contributed by atoms with van der Waals surface area (Å²) in [6, 6.07) is 11.6. The Morgan fingerprint density at radius 2 is 2.08 bits per heavy atom. The number of hydrogen-bond acceptors (Lipinski definition) is 4. The van der Waals surface area contributed by atoms with E-state index in [0.717, 1.165) is 5.75 Å². The van der Waals surface area contributed by atoms with Crippen LogP contribution in [0.4, 0.5) is 10.1 Å². The van der Waals surface area contributed by atoms with Crippen molar-refractivity contribution in [3.8, 4) is 0 Å². The van der Waals surface area contributed by atoms with Crippen molar-refractivity contribution in [2.45, 2.75) is 5.75 Å². The van der Waals surface area contributed by atoms with Gasteiger partial charge in [0.25, 0.3) is 0 Å². The molecule has 4 nitrogen and oxygen atoms in total. The summed E-state index contributed by atoms with van der Waals surface area (Å²) in [7, 11) is 1.30. The molecule has 0 aromatic heterocycles. The summed E-state index contributed by atoms with van der Waals surface area (Å²) in [6.07, 6.45) is 0. The van der Waals surface area contributed by atoms with Crippen LogP contribution in [0, 0.1) is 5.82 Å². The van der Waals surface area contributed by atoms with Crippen LogP contribution in [0.2, 0.25) is 5.02 Å². The summed E-state index contributed by atoms with van der Waals surface area (Å²) < 4.78 is 18.2. The summed E-state index contributed by atoms with van der Waals surface area (Å²) >= 11 is 12.8. The number of hydrogen-bond donors (Lipinski definition) is 2. The van der Waals surface area contributed by atoms with E-state index in [-0.39, 0.29) is 11.4 Å². The second kappa shape index (κ2) is 10.4.